The Morgan fingerprint density at radius 1 is 1.00 bits per heavy atom. The van der Waals surface area contributed by atoms with Crippen LogP contribution >= 0.6 is 0 Å². The minimum Gasteiger partial charge on any atom is -0.462 e. The lowest BCUT2D eigenvalue weighted by molar-refractivity contribution is -0.139. The molecule has 0 N–H and O–H groups in total. The standard InChI is InChI=1S/C9H16O2.C7H12O/c1-7(2)5-6-11-9(10)8(3)4;1-5(2)7(8)6(3)4/h7H,3,5-6H2,1-2,4H3;6H,1H2,2-4H3. The highest BCUT2D eigenvalue weighted by Gasteiger charge is 2.05. The van der Waals surface area contributed by atoms with Crippen molar-refractivity contribution in [2.75, 3.05) is 6.61 Å². The average molecular weight is 268 g/mol. The third kappa shape index (κ3) is 12.9. The van der Waals surface area contributed by atoms with Crippen molar-refractivity contribution in [1.29, 1.82) is 0 Å². The second kappa shape index (κ2) is 10.5. The molecule has 0 unspecified atom stereocenters. The van der Waals surface area contributed by atoms with E-state index in [1.807, 2.05) is 13.8 Å². The fraction of sp³-hybridized carbons (Fsp3) is 0.625. The lowest BCUT2D eigenvalue weighted by Gasteiger charge is -2.05. The topological polar surface area (TPSA) is 43.4 Å². The number of esters is 1. The van der Waals surface area contributed by atoms with Crippen molar-refractivity contribution in [1.82, 2.24) is 0 Å². The Labute approximate surface area is 117 Å². The fourth-order valence-corrected chi connectivity index (χ4v) is 1.00. The van der Waals surface area contributed by atoms with Crippen molar-refractivity contribution in [3.63, 3.8) is 0 Å². The average Bonchev–Trinajstić information content (AvgIpc) is 2.27. The molecule has 0 bridgehead atoms. The molecule has 19 heavy (non-hydrogen) atoms. The number of carbonyl (C=O) groups is 2. The van der Waals surface area contributed by atoms with Gasteiger partial charge < -0.3 is 4.74 Å². The number of allylic oxidation sites excluding steroid dienone is 1. The molecule has 0 heterocycles. The van der Waals surface area contributed by atoms with Crippen LogP contribution in [0.5, 0.6) is 0 Å². The molecule has 0 atom stereocenters. The van der Waals surface area contributed by atoms with Crippen LogP contribution in [0.25, 0.3) is 0 Å². The maximum atomic E-state index is 10.8. The van der Waals surface area contributed by atoms with Gasteiger partial charge >= 0.3 is 5.97 Å². The first kappa shape index (κ1) is 19.9. The summed E-state index contributed by atoms with van der Waals surface area (Å²) in [6.07, 6.45) is 0.916. The molecular weight excluding hydrogens is 240 g/mol. The summed E-state index contributed by atoms with van der Waals surface area (Å²) in [7, 11) is 0. The van der Waals surface area contributed by atoms with E-state index in [0.29, 0.717) is 23.7 Å². The van der Waals surface area contributed by atoms with E-state index in [2.05, 4.69) is 27.0 Å². The maximum Gasteiger partial charge on any atom is 0.333 e. The zero-order valence-electron chi connectivity index (χ0n) is 13.2. The van der Waals surface area contributed by atoms with Crippen LogP contribution in [0.4, 0.5) is 0 Å². The Hall–Kier alpha value is -1.38. The third-order valence-corrected chi connectivity index (χ3v) is 2.22. The Morgan fingerprint density at radius 2 is 1.47 bits per heavy atom. The van der Waals surface area contributed by atoms with E-state index in [1.165, 1.54) is 0 Å². The van der Waals surface area contributed by atoms with Gasteiger partial charge in [0, 0.05) is 11.5 Å². The summed E-state index contributed by atoms with van der Waals surface area (Å²) < 4.78 is 4.88. The number of ether oxygens (including phenoxy) is 1. The third-order valence-electron chi connectivity index (χ3n) is 2.22. The van der Waals surface area contributed by atoms with Gasteiger partial charge in [0.25, 0.3) is 0 Å². The molecule has 0 aliphatic rings. The number of Topliss-reactive ketones (excluding diaryl/α,β-unsaturated/α-hetero) is 1. The summed E-state index contributed by atoms with van der Waals surface area (Å²) in [5.41, 5.74) is 1.12. The molecule has 0 radical (unpaired) electrons. The van der Waals surface area contributed by atoms with Gasteiger partial charge in [0.1, 0.15) is 0 Å². The van der Waals surface area contributed by atoms with Crippen molar-refractivity contribution in [3.8, 4) is 0 Å². The van der Waals surface area contributed by atoms with E-state index in [9.17, 15) is 9.59 Å². The first-order valence-electron chi connectivity index (χ1n) is 6.61. The molecule has 0 aliphatic heterocycles. The van der Waals surface area contributed by atoms with Crippen molar-refractivity contribution >= 4 is 11.8 Å². The SMILES string of the molecule is C=C(C)C(=O)C(C)C.C=C(C)C(=O)OCCC(C)C. The smallest absolute Gasteiger partial charge is 0.333 e. The molecule has 3 nitrogen and oxygen atoms in total. The molecule has 3 heteroatoms. The second-order valence-corrected chi connectivity index (χ2v) is 5.40. The molecule has 0 saturated carbocycles. The quantitative estimate of drug-likeness (QED) is 0.541. The molecule has 0 aliphatic carbocycles. The molecule has 0 fully saturated rings. The number of hydrogen-bond donors (Lipinski definition) is 0. The van der Waals surface area contributed by atoms with Crippen LogP contribution in [0.2, 0.25) is 0 Å². The molecule has 0 saturated heterocycles. The highest BCUT2D eigenvalue weighted by molar-refractivity contribution is 5.95. The number of carbonyl (C=O) groups excluding carboxylic acids is 2. The summed E-state index contributed by atoms with van der Waals surface area (Å²) in [6.45, 7) is 18.8. The van der Waals surface area contributed by atoms with E-state index < -0.39 is 0 Å². The van der Waals surface area contributed by atoms with Gasteiger partial charge in [-0.3, -0.25) is 4.79 Å². The molecule has 0 aromatic carbocycles. The molecule has 0 rings (SSSR count). The van der Waals surface area contributed by atoms with Crippen molar-refractivity contribution in [2.24, 2.45) is 11.8 Å². The van der Waals surface area contributed by atoms with Gasteiger partial charge in [0.2, 0.25) is 0 Å². The minimum atomic E-state index is -0.286. The predicted molar refractivity (Wildman–Crippen MR) is 79.9 cm³/mol. The molecule has 0 aromatic heterocycles. The van der Waals surface area contributed by atoms with Crippen LogP contribution in [0.1, 0.15) is 48.0 Å². The first-order valence-corrected chi connectivity index (χ1v) is 6.61. The highest BCUT2D eigenvalue weighted by Crippen LogP contribution is 2.01. The second-order valence-electron chi connectivity index (χ2n) is 5.40. The van der Waals surface area contributed by atoms with E-state index >= 15 is 0 Å². The molecular formula is C16H28O3. The number of rotatable bonds is 6. The highest BCUT2D eigenvalue weighted by atomic mass is 16.5. The monoisotopic (exact) mass is 268 g/mol. The van der Waals surface area contributed by atoms with Gasteiger partial charge in [-0.25, -0.2) is 4.79 Å². The predicted octanol–water partition coefficient (Wildman–Crippen LogP) is 3.94. The van der Waals surface area contributed by atoms with Gasteiger partial charge in [-0.05, 0) is 31.8 Å². The van der Waals surface area contributed by atoms with Crippen LogP contribution in [-0.4, -0.2) is 18.4 Å². The first-order chi connectivity index (χ1) is 8.59. The summed E-state index contributed by atoms with van der Waals surface area (Å²) in [5.74, 6) is 0.552. The Morgan fingerprint density at radius 3 is 1.68 bits per heavy atom. The van der Waals surface area contributed by atoms with Gasteiger partial charge in [0.05, 0.1) is 6.61 Å². The number of ketones is 1. The number of hydrogen-bond acceptors (Lipinski definition) is 3. The molecule has 0 amide bonds. The summed E-state index contributed by atoms with van der Waals surface area (Å²) in [6, 6.07) is 0. The van der Waals surface area contributed by atoms with Crippen LogP contribution < -0.4 is 0 Å². The van der Waals surface area contributed by atoms with Crippen molar-refractivity contribution < 1.29 is 14.3 Å². The zero-order valence-corrected chi connectivity index (χ0v) is 13.2. The Kier molecular flexibility index (Phi) is 11.1. The lowest BCUT2D eigenvalue weighted by atomic mass is 10.0. The van der Waals surface area contributed by atoms with Crippen molar-refractivity contribution in [2.45, 2.75) is 48.0 Å². The Bertz CT molecular complexity index is 325. The largest absolute Gasteiger partial charge is 0.462 e. The summed E-state index contributed by atoms with van der Waals surface area (Å²) in [5, 5.41) is 0. The van der Waals surface area contributed by atoms with Crippen LogP contribution in [0.15, 0.2) is 24.3 Å². The normalized spacial score (nSPS) is 9.68. The van der Waals surface area contributed by atoms with E-state index in [-0.39, 0.29) is 17.7 Å². The Balaban J connectivity index is 0. The van der Waals surface area contributed by atoms with Crippen LogP contribution in [-0.2, 0) is 14.3 Å². The summed E-state index contributed by atoms with van der Waals surface area (Å²) in [4.78, 5) is 21.5. The summed E-state index contributed by atoms with van der Waals surface area (Å²) >= 11 is 0. The fourth-order valence-electron chi connectivity index (χ4n) is 1.00. The molecule has 110 valence electrons. The van der Waals surface area contributed by atoms with Gasteiger partial charge in [-0.1, -0.05) is 40.9 Å². The molecule has 0 spiro atoms. The van der Waals surface area contributed by atoms with Gasteiger partial charge in [-0.2, -0.15) is 0 Å². The lowest BCUT2D eigenvalue weighted by Crippen LogP contribution is -2.07. The van der Waals surface area contributed by atoms with Crippen molar-refractivity contribution in [3.05, 3.63) is 24.3 Å². The van der Waals surface area contributed by atoms with Gasteiger partial charge in [0.15, 0.2) is 5.78 Å². The van der Waals surface area contributed by atoms with E-state index in [4.69, 9.17) is 4.74 Å². The minimum absolute atomic E-state index is 0.104. The zero-order chi connectivity index (χ0) is 15.6. The van der Waals surface area contributed by atoms with E-state index in [0.717, 1.165) is 6.42 Å². The van der Waals surface area contributed by atoms with Crippen LogP contribution in [0.3, 0.4) is 0 Å². The van der Waals surface area contributed by atoms with Gasteiger partial charge in [-0.15, -0.1) is 0 Å². The maximum absolute atomic E-state index is 10.8. The van der Waals surface area contributed by atoms with E-state index in [1.54, 1.807) is 13.8 Å². The molecule has 0 aromatic rings. The van der Waals surface area contributed by atoms with Crippen LogP contribution in [0, 0.1) is 11.8 Å².